The van der Waals surface area contributed by atoms with Gasteiger partial charge in [0.1, 0.15) is 0 Å². The predicted octanol–water partition coefficient (Wildman–Crippen LogP) is 3.72. The van der Waals surface area contributed by atoms with Crippen LogP contribution in [0.25, 0.3) is 0 Å². The fourth-order valence-electron chi connectivity index (χ4n) is 5.87. The number of ketones is 1. The summed E-state index contributed by atoms with van der Waals surface area (Å²) in [6, 6.07) is 3.16. The van der Waals surface area contributed by atoms with Crippen molar-refractivity contribution < 1.29 is 28.2 Å². The third kappa shape index (κ3) is 2.93. The second-order valence-corrected chi connectivity index (χ2v) is 8.64. The maximum atomic E-state index is 14.5. The van der Waals surface area contributed by atoms with E-state index < -0.39 is 29.3 Å². The van der Waals surface area contributed by atoms with Crippen LogP contribution in [0, 0.1) is 23.1 Å². The predicted molar refractivity (Wildman–Crippen MR) is 98.3 cm³/mol. The molecule has 1 aromatic rings. The highest BCUT2D eigenvalue weighted by Crippen LogP contribution is 2.60. The topological polar surface area (TPSA) is 69.7 Å². The van der Waals surface area contributed by atoms with Gasteiger partial charge in [-0.15, -0.1) is 0 Å². The van der Waals surface area contributed by atoms with Crippen LogP contribution < -0.4 is 4.74 Å². The molecule has 0 bridgehead atoms. The molecule has 150 valence electrons. The lowest BCUT2D eigenvalue weighted by Gasteiger charge is -2.48. The summed E-state index contributed by atoms with van der Waals surface area (Å²) in [7, 11) is 0. The summed E-state index contributed by atoms with van der Waals surface area (Å²) in [6.07, 6.45) is 3.06. The van der Waals surface area contributed by atoms with Crippen LogP contribution in [-0.4, -0.2) is 23.8 Å². The molecule has 5 nitrogen and oxygen atoms in total. The first-order valence-corrected chi connectivity index (χ1v) is 9.93. The molecule has 2 saturated carbocycles. The third-order valence-corrected chi connectivity index (χ3v) is 7.05. The molecule has 0 N–H and O–H groups in total. The fraction of sp³-hybridized carbons (Fsp3) is 0.591. The molecule has 0 aliphatic heterocycles. The van der Waals surface area contributed by atoms with Crippen LogP contribution in [0.1, 0.15) is 63.5 Å². The number of carbonyl (C=O) groups is 3. The average Bonchev–Trinajstić information content (AvgIpc) is 2.86. The quantitative estimate of drug-likeness (QED) is 0.571. The van der Waals surface area contributed by atoms with E-state index in [0.717, 1.165) is 30.4 Å². The normalized spacial score (nSPS) is 33.5. The minimum absolute atomic E-state index is 0.0173. The summed E-state index contributed by atoms with van der Waals surface area (Å²) in [5.74, 6) is -0.908. The van der Waals surface area contributed by atoms with E-state index in [2.05, 4.69) is 0 Å². The van der Waals surface area contributed by atoms with E-state index in [4.69, 9.17) is 9.47 Å². The molecule has 0 heterocycles. The Labute approximate surface area is 163 Å². The van der Waals surface area contributed by atoms with Crippen LogP contribution in [0.4, 0.5) is 4.39 Å². The van der Waals surface area contributed by atoms with E-state index >= 15 is 0 Å². The summed E-state index contributed by atoms with van der Waals surface area (Å²) < 4.78 is 24.8. The highest BCUT2D eigenvalue weighted by Gasteiger charge is 2.59. The molecule has 3 aliphatic rings. The van der Waals surface area contributed by atoms with Crippen LogP contribution in [0.15, 0.2) is 12.1 Å². The molecule has 4 rings (SSSR count). The lowest BCUT2D eigenvalue weighted by molar-refractivity contribution is -0.153. The highest BCUT2D eigenvalue weighted by molar-refractivity contribution is 5.93. The van der Waals surface area contributed by atoms with E-state index in [1.54, 1.807) is 6.07 Å². The molecule has 0 saturated heterocycles. The van der Waals surface area contributed by atoms with Crippen molar-refractivity contribution in [3.8, 4) is 5.75 Å². The number of hydrogen-bond donors (Lipinski definition) is 0. The number of esters is 2. The average molecular weight is 388 g/mol. The molecule has 3 aliphatic carbocycles. The zero-order valence-corrected chi connectivity index (χ0v) is 16.4. The van der Waals surface area contributed by atoms with Crippen LogP contribution in [0.3, 0.4) is 0 Å². The first kappa shape index (κ1) is 19.1. The van der Waals surface area contributed by atoms with Gasteiger partial charge in [0.2, 0.25) is 0 Å². The van der Waals surface area contributed by atoms with Gasteiger partial charge in [-0.05, 0) is 73.1 Å². The largest absolute Gasteiger partial charge is 0.455 e. The van der Waals surface area contributed by atoms with Crippen molar-refractivity contribution in [2.24, 2.45) is 17.3 Å². The lowest BCUT2D eigenvalue weighted by atomic mass is 9.55. The van der Waals surface area contributed by atoms with Crippen LogP contribution >= 0.6 is 0 Å². The molecule has 28 heavy (non-hydrogen) atoms. The number of rotatable bonds is 2. The van der Waals surface area contributed by atoms with Crippen molar-refractivity contribution in [1.29, 1.82) is 0 Å². The fourth-order valence-corrected chi connectivity index (χ4v) is 5.87. The van der Waals surface area contributed by atoms with Gasteiger partial charge in [0, 0.05) is 19.3 Å². The Balaban J connectivity index is 1.64. The van der Waals surface area contributed by atoms with Gasteiger partial charge < -0.3 is 9.47 Å². The van der Waals surface area contributed by atoms with Crippen molar-refractivity contribution in [2.45, 2.75) is 64.9 Å². The minimum Gasteiger partial charge on any atom is -0.455 e. The first-order valence-electron chi connectivity index (χ1n) is 9.93. The number of carbonyl (C=O) groups excluding carboxylic acids is 3. The van der Waals surface area contributed by atoms with Gasteiger partial charge in [-0.25, -0.2) is 4.39 Å². The number of halogens is 1. The van der Waals surface area contributed by atoms with E-state index in [9.17, 15) is 18.8 Å². The summed E-state index contributed by atoms with van der Waals surface area (Å²) in [5, 5.41) is 0. The van der Waals surface area contributed by atoms with Gasteiger partial charge in [0.25, 0.3) is 0 Å². The maximum absolute atomic E-state index is 14.5. The molecule has 0 unspecified atom stereocenters. The standard InChI is InChI=1S/C22H25FO5/c1-11(24)27-19-8-13-4-5-15-14(16(13)9-18(19)23)6-7-22(3)17(15)10-20(21(22)26)28-12(2)25/h8-9,14-15,17,20H,4-7,10H2,1-3H3/t14-,15+,17-,20-,22-/m0/s1. The maximum Gasteiger partial charge on any atom is 0.308 e. The SMILES string of the molecule is CC(=O)Oc1cc2c(cc1F)[C@H]1CC[C@]3(C)C(=O)[C@@H](OC(C)=O)C[C@H]3[C@@H]1CC2. The van der Waals surface area contributed by atoms with Gasteiger partial charge in [-0.1, -0.05) is 6.92 Å². The Kier molecular flexibility index (Phi) is 4.55. The summed E-state index contributed by atoms with van der Waals surface area (Å²) in [4.78, 5) is 35.5. The Morgan fingerprint density at radius 3 is 2.61 bits per heavy atom. The van der Waals surface area contributed by atoms with Crippen LogP contribution in [0.5, 0.6) is 5.75 Å². The van der Waals surface area contributed by atoms with E-state index in [0.29, 0.717) is 12.8 Å². The highest BCUT2D eigenvalue weighted by atomic mass is 19.1. The van der Waals surface area contributed by atoms with Gasteiger partial charge >= 0.3 is 11.9 Å². The number of fused-ring (bicyclic) bond motifs is 5. The smallest absolute Gasteiger partial charge is 0.308 e. The number of aryl methyl sites for hydroxylation is 1. The number of hydrogen-bond acceptors (Lipinski definition) is 5. The zero-order valence-electron chi connectivity index (χ0n) is 16.4. The van der Waals surface area contributed by atoms with E-state index in [1.165, 1.54) is 19.9 Å². The van der Waals surface area contributed by atoms with Crippen molar-refractivity contribution in [1.82, 2.24) is 0 Å². The molecule has 2 fully saturated rings. The Morgan fingerprint density at radius 1 is 1.18 bits per heavy atom. The van der Waals surface area contributed by atoms with Crippen molar-refractivity contribution in [3.05, 3.63) is 29.1 Å². The van der Waals surface area contributed by atoms with Gasteiger partial charge in [0.15, 0.2) is 23.5 Å². The number of Topliss-reactive ketones (excluding diaryl/α,β-unsaturated/α-hetero) is 1. The third-order valence-electron chi connectivity index (χ3n) is 7.05. The monoisotopic (exact) mass is 388 g/mol. The Morgan fingerprint density at radius 2 is 1.93 bits per heavy atom. The summed E-state index contributed by atoms with van der Waals surface area (Å²) in [6.45, 7) is 4.59. The van der Waals surface area contributed by atoms with E-state index in [1.807, 2.05) is 6.92 Å². The van der Waals surface area contributed by atoms with Crippen LogP contribution in [-0.2, 0) is 25.5 Å². The van der Waals surface area contributed by atoms with Crippen molar-refractivity contribution >= 4 is 17.7 Å². The molecule has 1 aromatic carbocycles. The number of ether oxygens (including phenoxy) is 2. The number of benzene rings is 1. The zero-order chi connectivity index (χ0) is 20.2. The lowest BCUT2D eigenvalue weighted by Crippen LogP contribution is -2.43. The second kappa shape index (κ2) is 6.68. The summed E-state index contributed by atoms with van der Waals surface area (Å²) in [5.41, 5.74) is 1.51. The van der Waals surface area contributed by atoms with Gasteiger partial charge in [0.05, 0.1) is 0 Å². The molecule has 6 heteroatoms. The molecule has 0 amide bonds. The molecular weight excluding hydrogens is 363 g/mol. The molecule has 0 radical (unpaired) electrons. The van der Waals surface area contributed by atoms with E-state index in [-0.39, 0.29) is 29.3 Å². The van der Waals surface area contributed by atoms with Gasteiger partial charge in [-0.3, -0.25) is 14.4 Å². The van der Waals surface area contributed by atoms with Crippen molar-refractivity contribution in [3.63, 3.8) is 0 Å². The first-order chi connectivity index (χ1) is 13.2. The van der Waals surface area contributed by atoms with Crippen LogP contribution in [0.2, 0.25) is 0 Å². The summed E-state index contributed by atoms with van der Waals surface area (Å²) >= 11 is 0. The Hall–Kier alpha value is -2.24. The Bertz CT molecular complexity index is 863. The molecule has 0 spiro atoms. The molecule has 0 aromatic heterocycles. The van der Waals surface area contributed by atoms with Gasteiger partial charge in [-0.2, -0.15) is 0 Å². The minimum atomic E-state index is -0.657. The van der Waals surface area contributed by atoms with Crippen molar-refractivity contribution in [2.75, 3.05) is 0 Å². The second-order valence-electron chi connectivity index (χ2n) is 8.64. The molecular formula is C22H25FO5. The molecule has 5 atom stereocenters.